The Bertz CT molecular complexity index is 1260. The third-order valence-corrected chi connectivity index (χ3v) is 23.6. The highest BCUT2D eigenvalue weighted by Crippen LogP contribution is 2.91. The van der Waals surface area contributed by atoms with Gasteiger partial charge in [0, 0.05) is 0 Å². The molecule has 1 saturated carbocycles. The van der Waals surface area contributed by atoms with Gasteiger partial charge in [-0.15, -0.1) is 0 Å². The Morgan fingerprint density at radius 1 is 0.442 bits per heavy atom. The predicted molar refractivity (Wildman–Crippen MR) is 239 cm³/mol. The van der Waals surface area contributed by atoms with Crippen molar-refractivity contribution >= 4 is 0 Å². The van der Waals surface area contributed by atoms with Gasteiger partial charge >= 0.3 is 0 Å². The topological polar surface area (TPSA) is 0 Å². The molecule has 0 heteroatoms. The maximum atomic E-state index is 2.79. The first-order valence-electron chi connectivity index (χ1n) is 22.0. The van der Waals surface area contributed by atoms with Gasteiger partial charge < -0.3 is 0 Å². The van der Waals surface area contributed by atoms with Gasteiger partial charge in [-0.2, -0.15) is 0 Å². The first-order valence-corrected chi connectivity index (χ1v) is 22.0. The van der Waals surface area contributed by atoms with Crippen LogP contribution in [-0.2, 0) is 0 Å². The normalized spacial score (nSPS) is 27.5. The van der Waals surface area contributed by atoms with Crippen LogP contribution in [-0.4, -0.2) is 0 Å². The minimum Gasteiger partial charge on any atom is -0.0648 e. The molecule has 0 amide bonds. The van der Waals surface area contributed by atoms with Crippen LogP contribution in [0, 0.1) is 99.0 Å². The van der Waals surface area contributed by atoms with Crippen molar-refractivity contribution in [2.45, 2.75) is 235 Å². The van der Waals surface area contributed by atoms with Crippen molar-refractivity contribution in [3.8, 4) is 0 Å². The molecule has 0 aromatic heterocycles. The molecule has 0 aromatic carbocycles. The highest BCUT2D eigenvalue weighted by molar-refractivity contribution is 5.33. The minimum atomic E-state index is 0.0145. The summed E-state index contributed by atoms with van der Waals surface area (Å²) in [6, 6.07) is 0. The number of hydrogen-bond donors (Lipinski definition) is 0. The largest absolute Gasteiger partial charge is 0.0648 e. The third kappa shape index (κ3) is 5.48. The molecule has 0 nitrogen and oxygen atoms in total. The molecule has 0 spiro atoms. The first kappa shape index (κ1) is 50.0. The lowest BCUT2D eigenvalue weighted by atomic mass is 9.15. The lowest BCUT2D eigenvalue weighted by Gasteiger charge is -2.89. The maximum absolute atomic E-state index is 2.79. The van der Waals surface area contributed by atoms with Crippen LogP contribution in [0.1, 0.15) is 235 Å². The van der Waals surface area contributed by atoms with Gasteiger partial charge in [-0.3, -0.25) is 0 Å². The molecule has 1 aliphatic carbocycles. The zero-order chi connectivity index (χ0) is 42.9. The van der Waals surface area contributed by atoms with Gasteiger partial charge in [0.15, 0.2) is 0 Å². The average molecular weight is 729 g/mol. The molecule has 0 aliphatic heterocycles. The van der Waals surface area contributed by atoms with Crippen molar-refractivity contribution in [2.75, 3.05) is 0 Å². The molecule has 52 heavy (non-hydrogen) atoms. The molecule has 312 valence electrons. The number of rotatable bonds is 12. The molecule has 0 heterocycles. The summed E-state index contributed by atoms with van der Waals surface area (Å²) in [5.74, 6) is 1.57. The molecule has 1 fully saturated rings. The van der Waals surface area contributed by atoms with Crippen LogP contribution in [0.5, 0.6) is 0 Å². The van der Waals surface area contributed by atoms with E-state index in [2.05, 4.69) is 228 Å². The second kappa shape index (κ2) is 12.8. The molecule has 6 atom stereocenters. The Kier molecular flexibility index (Phi) is 12.3. The fourth-order valence-electron chi connectivity index (χ4n) is 15.6. The lowest BCUT2D eigenvalue weighted by molar-refractivity contribution is -0.420. The molecule has 0 unspecified atom stereocenters. The van der Waals surface area contributed by atoms with E-state index in [1.54, 1.807) is 0 Å². The molecule has 0 aromatic rings. The van der Waals surface area contributed by atoms with E-state index in [-0.39, 0.29) is 81.2 Å². The van der Waals surface area contributed by atoms with Gasteiger partial charge in [0.2, 0.25) is 0 Å². The summed E-state index contributed by atoms with van der Waals surface area (Å²) < 4.78 is 0. The fourth-order valence-corrected chi connectivity index (χ4v) is 15.6. The maximum Gasteiger partial charge on any atom is -0.00765 e. The van der Waals surface area contributed by atoms with Gasteiger partial charge in [0.25, 0.3) is 0 Å². The van der Waals surface area contributed by atoms with Crippen molar-refractivity contribution in [3.05, 3.63) is 0 Å². The van der Waals surface area contributed by atoms with E-state index in [0.29, 0.717) is 17.8 Å². The predicted octanol–water partition coefficient (Wildman–Crippen LogP) is 17.7. The zero-order valence-electron chi connectivity index (χ0n) is 42.9. The standard InChI is InChI=1S/C52H104/c1-34-50(32,45(22,23)39(8,9)10)49(30,31)52(40(11,12)13)43(18,19)37(4)51(52,33)47(26,27)42(16,17)36(3)35(2)41(14,15)46(24,25)48(28,29)44(20,21)38(5,6)7/h35-37H,34H2,1-33H3/t35-,36-,37+,50-,51+,52-/m1/s1. The van der Waals surface area contributed by atoms with E-state index in [1.165, 1.54) is 6.42 Å². The van der Waals surface area contributed by atoms with E-state index in [0.717, 1.165) is 0 Å². The summed E-state index contributed by atoms with van der Waals surface area (Å²) in [4.78, 5) is 0. The monoisotopic (exact) mass is 729 g/mol. The molecule has 1 rings (SSSR count). The molecular weight excluding hydrogens is 625 g/mol. The van der Waals surface area contributed by atoms with E-state index < -0.39 is 0 Å². The molecule has 1 aliphatic rings. The van der Waals surface area contributed by atoms with Crippen LogP contribution >= 0.6 is 0 Å². The van der Waals surface area contributed by atoms with Crippen LogP contribution in [0.2, 0.25) is 0 Å². The highest BCUT2D eigenvalue weighted by Gasteiger charge is 2.86. The van der Waals surface area contributed by atoms with Crippen LogP contribution in [0.3, 0.4) is 0 Å². The first-order chi connectivity index (χ1) is 22.0. The third-order valence-electron chi connectivity index (χ3n) is 23.6. The van der Waals surface area contributed by atoms with Crippen LogP contribution in [0.15, 0.2) is 0 Å². The summed E-state index contributed by atoms with van der Waals surface area (Å²) in [6.07, 6.45) is 1.17. The molecule has 0 saturated heterocycles. The highest BCUT2D eigenvalue weighted by atomic mass is 14.9. The van der Waals surface area contributed by atoms with Crippen molar-refractivity contribution in [3.63, 3.8) is 0 Å². The van der Waals surface area contributed by atoms with E-state index in [1.807, 2.05) is 0 Å². The molecule has 0 bridgehead atoms. The summed E-state index contributed by atoms with van der Waals surface area (Å²) in [7, 11) is 0. The van der Waals surface area contributed by atoms with Gasteiger partial charge in [0.1, 0.15) is 0 Å². The van der Waals surface area contributed by atoms with Gasteiger partial charge in [-0.1, -0.05) is 228 Å². The Morgan fingerprint density at radius 2 is 0.769 bits per heavy atom. The Labute approximate surface area is 332 Å². The summed E-state index contributed by atoms with van der Waals surface area (Å²) >= 11 is 0. The van der Waals surface area contributed by atoms with Gasteiger partial charge in [-0.25, -0.2) is 0 Å². The summed E-state index contributed by atoms with van der Waals surface area (Å²) in [5, 5.41) is 0. The molecule has 0 radical (unpaired) electrons. The van der Waals surface area contributed by atoms with E-state index in [9.17, 15) is 0 Å². The van der Waals surface area contributed by atoms with Crippen molar-refractivity contribution in [1.29, 1.82) is 0 Å². The Balaban J connectivity index is 4.31. The van der Waals surface area contributed by atoms with Crippen molar-refractivity contribution < 1.29 is 0 Å². The SMILES string of the molecule is CC[C@](C)(C(C)(C)C(C)(C)C)C(C)(C)[C@@]1(C(C)(C)C)C(C)(C)[C@H](C)[C@@]1(C)C(C)(C)C(C)(C)[C@H](C)[C@@H](C)C(C)(C)C(C)(C)C(C)(C)C(C)(C)C(C)(C)C. The second-order valence-corrected chi connectivity index (χ2v) is 27.6. The second-order valence-electron chi connectivity index (χ2n) is 27.6. The quantitative estimate of drug-likeness (QED) is 0.188. The zero-order valence-corrected chi connectivity index (χ0v) is 42.9. The Morgan fingerprint density at radius 3 is 1.06 bits per heavy atom. The van der Waals surface area contributed by atoms with Crippen molar-refractivity contribution in [1.82, 2.24) is 0 Å². The van der Waals surface area contributed by atoms with E-state index in [4.69, 9.17) is 0 Å². The molecule has 0 N–H and O–H groups in total. The lowest BCUT2D eigenvalue weighted by Crippen LogP contribution is -2.84. The fraction of sp³-hybridized carbons (Fsp3) is 1.00. The summed E-state index contributed by atoms with van der Waals surface area (Å²) in [5.41, 5.74) is 1.35. The smallest absolute Gasteiger partial charge is 0.00765 e. The number of hydrogen-bond acceptors (Lipinski definition) is 0. The summed E-state index contributed by atoms with van der Waals surface area (Å²) in [6.45, 7) is 86.2. The van der Waals surface area contributed by atoms with E-state index >= 15 is 0 Å². The molecular formula is C52H104. The minimum absolute atomic E-state index is 0.0145. The van der Waals surface area contributed by atoms with Crippen LogP contribution in [0.4, 0.5) is 0 Å². The Hall–Kier alpha value is 0. The average Bonchev–Trinajstić information content (AvgIpc) is 2.92. The van der Waals surface area contributed by atoms with Crippen LogP contribution in [0.25, 0.3) is 0 Å². The van der Waals surface area contributed by atoms with Crippen molar-refractivity contribution in [2.24, 2.45) is 99.0 Å². The van der Waals surface area contributed by atoms with Gasteiger partial charge in [0.05, 0.1) is 0 Å². The van der Waals surface area contributed by atoms with Crippen LogP contribution < -0.4 is 0 Å². The van der Waals surface area contributed by atoms with Gasteiger partial charge in [-0.05, 0) is 105 Å².